The van der Waals surface area contributed by atoms with Crippen LogP contribution >= 0.6 is 0 Å². The number of β-amino-alcohol motifs (C(OH)–C–C–N with tert-alkyl or cyclic N) is 1. The van der Waals surface area contributed by atoms with Crippen LogP contribution < -0.4 is 10.6 Å². The van der Waals surface area contributed by atoms with Crippen LogP contribution in [0.4, 0.5) is 0 Å². The summed E-state index contributed by atoms with van der Waals surface area (Å²) in [5, 5.41) is 15.8. The first-order chi connectivity index (χ1) is 6.21. The summed E-state index contributed by atoms with van der Waals surface area (Å²) in [5.74, 6) is -0.192. The minimum atomic E-state index is -1.15. The van der Waals surface area contributed by atoms with Crippen molar-refractivity contribution in [2.24, 2.45) is 0 Å². The van der Waals surface area contributed by atoms with Crippen molar-refractivity contribution >= 4 is 5.91 Å². The highest BCUT2D eigenvalue weighted by atomic mass is 16.3. The molecule has 1 saturated heterocycles. The van der Waals surface area contributed by atoms with Gasteiger partial charge in [-0.1, -0.05) is 0 Å². The number of hydrogen-bond acceptors (Lipinski definition) is 3. The van der Waals surface area contributed by atoms with Gasteiger partial charge in [0.15, 0.2) is 5.60 Å². The molecule has 1 atom stereocenters. The summed E-state index contributed by atoms with van der Waals surface area (Å²) in [4.78, 5) is 11.6. The van der Waals surface area contributed by atoms with Gasteiger partial charge >= 0.3 is 0 Å². The molecule has 1 aliphatic carbocycles. The second kappa shape index (κ2) is 3.27. The van der Waals surface area contributed by atoms with Gasteiger partial charge in [0.05, 0.1) is 0 Å². The third-order valence-electron chi connectivity index (χ3n) is 2.70. The highest BCUT2D eigenvalue weighted by molar-refractivity contribution is 5.85. The second-order valence-electron chi connectivity index (χ2n) is 4.06. The Morgan fingerprint density at radius 3 is 2.85 bits per heavy atom. The Morgan fingerprint density at radius 1 is 1.54 bits per heavy atom. The number of carbonyl (C=O) groups is 1. The van der Waals surface area contributed by atoms with E-state index >= 15 is 0 Å². The van der Waals surface area contributed by atoms with Gasteiger partial charge in [-0.2, -0.15) is 0 Å². The number of piperidine rings is 1. The van der Waals surface area contributed by atoms with Crippen LogP contribution in [0.3, 0.4) is 0 Å². The Labute approximate surface area is 77.7 Å². The van der Waals surface area contributed by atoms with Crippen LogP contribution in [-0.4, -0.2) is 35.7 Å². The molecule has 1 unspecified atom stereocenters. The molecule has 4 nitrogen and oxygen atoms in total. The summed E-state index contributed by atoms with van der Waals surface area (Å²) in [5.41, 5.74) is -1.15. The maximum Gasteiger partial charge on any atom is 0.253 e. The fraction of sp³-hybridized carbons (Fsp3) is 0.889. The van der Waals surface area contributed by atoms with E-state index in [4.69, 9.17) is 0 Å². The highest BCUT2D eigenvalue weighted by Crippen LogP contribution is 2.22. The Morgan fingerprint density at radius 2 is 2.31 bits per heavy atom. The molecule has 2 fully saturated rings. The molecule has 3 N–H and O–H groups in total. The lowest BCUT2D eigenvalue weighted by Crippen LogP contribution is -2.56. The van der Waals surface area contributed by atoms with Gasteiger partial charge in [0.25, 0.3) is 5.91 Å². The Hall–Kier alpha value is -0.610. The summed E-state index contributed by atoms with van der Waals surface area (Å²) in [7, 11) is 0. The van der Waals surface area contributed by atoms with Gasteiger partial charge in [-0.25, -0.2) is 0 Å². The van der Waals surface area contributed by atoms with Crippen molar-refractivity contribution in [2.75, 3.05) is 13.1 Å². The van der Waals surface area contributed by atoms with E-state index in [0.29, 0.717) is 19.0 Å². The third kappa shape index (κ3) is 2.00. The zero-order valence-corrected chi connectivity index (χ0v) is 7.68. The number of carbonyl (C=O) groups excluding carboxylic acids is 1. The maximum atomic E-state index is 11.6. The van der Waals surface area contributed by atoms with Crippen molar-refractivity contribution in [1.82, 2.24) is 10.6 Å². The molecular formula is C9H16N2O2. The van der Waals surface area contributed by atoms with E-state index in [1.165, 1.54) is 0 Å². The molecule has 1 saturated carbocycles. The van der Waals surface area contributed by atoms with E-state index in [1.54, 1.807) is 0 Å². The molecule has 0 bridgehead atoms. The standard InChI is InChI=1S/C9H16N2O2/c12-8(11-7-2-3-7)9(13)4-1-5-10-6-9/h7,10,13H,1-6H2,(H,11,12). The minimum Gasteiger partial charge on any atom is -0.379 e. The van der Waals surface area contributed by atoms with Crippen LogP contribution in [-0.2, 0) is 4.79 Å². The first-order valence-corrected chi connectivity index (χ1v) is 4.95. The van der Waals surface area contributed by atoms with E-state index in [2.05, 4.69) is 10.6 Å². The van der Waals surface area contributed by atoms with Crippen molar-refractivity contribution in [3.63, 3.8) is 0 Å². The average molecular weight is 184 g/mol. The van der Waals surface area contributed by atoms with Gasteiger partial charge in [-0.15, -0.1) is 0 Å². The molecule has 1 amide bonds. The van der Waals surface area contributed by atoms with Gasteiger partial charge in [0.1, 0.15) is 0 Å². The van der Waals surface area contributed by atoms with Gasteiger partial charge in [-0.3, -0.25) is 4.79 Å². The average Bonchev–Trinajstić information content (AvgIpc) is 2.89. The van der Waals surface area contributed by atoms with Gasteiger partial charge in [0, 0.05) is 12.6 Å². The first-order valence-electron chi connectivity index (χ1n) is 4.95. The molecule has 74 valence electrons. The normalized spacial score (nSPS) is 34.2. The van der Waals surface area contributed by atoms with Crippen LogP contribution in [0.15, 0.2) is 0 Å². The van der Waals surface area contributed by atoms with Crippen LogP contribution in [0.5, 0.6) is 0 Å². The summed E-state index contributed by atoms with van der Waals surface area (Å²) < 4.78 is 0. The predicted octanol–water partition coefficient (Wildman–Crippen LogP) is -0.621. The van der Waals surface area contributed by atoms with Crippen LogP contribution in [0.1, 0.15) is 25.7 Å². The molecule has 1 heterocycles. The lowest BCUT2D eigenvalue weighted by Gasteiger charge is -2.31. The summed E-state index contributed by atoms with van der Waals surface area (Å²) in [6.45, 7) is 1.30. The summed E-state index contributed by atoms with van der Waals surface area (Å²) in [6, 6.07) is 0.332. The molecule has 1 aliphatic heterocycles. The van der Waals surface area contributed by atoms with Gasteiger partial charge < -0.3 is 15.7 Å². The summed E-state index contributed by atoms with van der Waals surface area (Å²) in [6.07, 6.45) is 3.58. The van der Waals surface area contributed by atoms with Crippen molar-refractivity contribution in [1.29, 1.82) is 0 Å². The molecule has 2 aliphatic rings. The number of aliphatic hydroxyl groups is 1. The lowest BCUT2D eigenvalue weighted by molar-refractivity contribution is -0.141. The SMILES string of the molecule is O=C(NC1CC1)C1(O)CCCNC1. The summed E-state index contributed by atoms with van der Waals surface area (Å²) >= 11 is 0. The van der Waals surface area contributed by atoms with E-state index in [-0.39, 0.29) is 5.91 Å². The second-order valence-corrected chi connectivity index (χ2v) is 4.06. The third-order valence-corrected chi connectivity index (χ3v) is 2.70. The van der Waals surface area contributed by atoms with E-state index in [1.807, 2.05) is 0 Å². The quantitative estimate of drug-likeness (QED) is 0.536. The van der Waals surface area contributed by atoms with Crippen LogP contribution in [0, 0.1) is 0 Å². The van der Waals surface area contributed by atoms with E-state index < -0.39 is 5.60 Å². The van der Waals surface area contributed by atoms with Crippen molar-refractivity contribution in [2.45, 2.75) is 37.3 Å². The molecule has 0 aromatic heterocycles. The first kappa shape index (κ1) is 8.97. The van der Waals surface area contributed by atoms with E-state index in [9.17, 15) is 9.90 Å². The van der Waals surface area contributed by atoms with Crippen LogP contribution in [0.2, 0.25) is 0 Å². The Bertz CT molecular complexity index is 208. The highest BCUT2D eigenvalue weighted by Gasteiger charge is 2.39. The van der Waals surface area contributed by atoms with Gasteiger partial charge in [-0.05, 0) is 32.2 Å². The number of nitrogens with one attached hydrogen (secondary N) is 2. The zero-order chi connectivity index (χ0) is 9.31. The van der Waals surface area contributed by atoms with E-state index in [0.717, 1.165) is 25.8 Å². The van der Waals surface area contributed by atoms with Crippen molar-refractivity contribution < 1.29 is 9.90 Å². The minimum absolute atomic E-state index is 0.192. The van der Waals surface area contributed by atoms with Gasteiger partial charge in [0.2, 0.25) is 0 Å². The monoisotopic (exact) mass is 184 g/mol. The number of hydrogen-bond donors (Lipinski definition) is 3. The predicted molar refractivity (Wildman–Crippen MR) is 48.2 cm³/mol. The molecule has 0 aromatic carbocycles. The molecular weight excluding hydrogens is 168 g/mol. The molecule has 0 radical (unpaired) electrons. The molecule has 4 heteroatoms. The zero-order valence-electron chi connectivity index (χ0n) is 7.68. The fourth-order valence-electron chi connectivity index (χ4n) is 1.63. The topological polar surface area (TPSA) is 61.4 Å². The van der Waals surface area contributed by atoms with Crippen LogP contribution in [0.25, 0.3) is 0 Å². The van der Waals surface area contributed by atoms with Crippen molar-refractivity contribution in [3.8, 4) is 0 Å². The number of amides is 1. The number of rotatable bonds is 2. The lowest BCUT2D eigenvalue weighted by atomic mass is 9.93. The Kier molecular flexibility index (Phi) is 2.26. The largest absolute Gasteiger partial charge is 0.379 e. The molecule has 0 aromatic rings. The smallest absolute Gasteiger partial charge is 0.253 e. The molecule has 13 heavy (non-hydrogen) atoms. The molecule has 2 rings (SSSR count). The maximum absolute atomic E-state index is 11.6. The van der Waals surface area contributed by atoms with Crippen molar-refractivity contribution in [3.05, 3.63) is 0 Å². The molecule has 0 spiro atoms. The Balaban J connectivity index is 1.90. The fourth-order valence-corrected chi connectivity index (χ4v) is 1.63.